The van der Waals surface area contributed by atoms with Gasteiger partial charge >= 0.3 is 0 Å². The summed E-state index contributed by atoms with van der Waals surface area (Å²) < 4.78 is 11.3. The second kappa shape index (κ2) is 6.85. The Kier molecular flexibility index (Phi) is 5.35. The summed E-state index contributed by atoms with van der Waals surface area (Å²) in [6, 6.07) is 0.480. The quantitative estimate of drug-likeness (QED) is 0.894. The number of rotatable bonds is 5. The Labute approximate surface area is 127 Å². The predicted octanol–water partition coefficient (Wildman–Crippen LogP) is 1.94. The third kappa shape index (κ3) is 3.81. The lowest BCUT2D eigenvalue weighted by Gasteiger charge is -2.34. The third-order valence-electron chi connectivity index (χ3n) is 4.14. The van der Waals surface area contributed by atoms with Crippen LogP contribution in [0.2, 0.25) is 0 Å². The minimum Gasteiger partial charge on any atom is -0.367 e. The molecule has 0 saturated carbocycles. The lowest BCUT2D eigenvalue weighted by Crippen LogP contribution is -2.42. The summed E-state index contributed by atoms with van der Waals surface area (Å²) in [5.74, 6) is 1.70. The number of aromatic nitrogens is 2. The molecule has 120 valence electrons. The number of hydrogen-bond donors (Lipinski definition) is 1. The standard InChI is InChI=1S/C15H28N4O2/c1-9(2)13(11(5)16)15-17-14(18-21-15)12-8-19(10(3)4)6-7-20-12/h9-13H,6-8,16H2,1-5H3. The van der Waals surface area contributed by atoms with E-state index in [1.54, 1.807) is 0 Å². The Bertz CT molecular complexity index is 437. The second-order valence-corrected chi connectivity index (χ2v) is 6.57. The number of hydrogen-bond acceptors (Lipinski definition) is 6. The molecular weight excluding hydrogens is 268 g/mol. The van der Waals surface area contributed by atoms with E-state index in [0.717, 1.165) is 13.1 Å². The topological polar surface area (TPSA) is 77.4 Å². The number of nitrogens with zero attached hydrogens (tertiary/aromatic N) is 3. The van der Waals surface area contributed by atoms with Crippen LogP contribution in [0.1, 0.15) is 58.4 Å². The van der Waals surface area contributed by atoms with Gasteiger partial charge in [0.05, 0.1) is 12.5 Å². The van der Waals surface area contributed by atoms with Crippen LogP contribution >= 0.6 is 0 Å². The Morgan fingerprint density at radius 3 is 2.52 bits per heavy atom. The fraction of sp³-hybridized carbons (Fsp3) is 0.867. The molecule has 0 bridgehead atoms. The van der Waals surface area contributed by atoms with E-state index in [-0.39, 0.29) is 18.1 Å². The van der Waals surface area contributed by atoms with E-state index in [0.29, 0.717) is 30.3 Å². The summed E-state index contributed by atoms with van der Waals surface area (Å²) >= 11 is 0. The zero-order chi connectivity index (χ0) is 15.6. The van der Waals surface area contributed by atoms with E-state index in [1.165, 1.54) is 0 Å². The summed E-state index contributed by atoms with van der Waals surface area (Å²) in [6.07, 6.45) is -0.112. The van der Waals surface area contributed by atoms with Crippen molar-refractivity contribution in [2.45, 2.75) is 58.7 Å². The van der Waals surface area contributed by atoms with Gasteiger partial charge in [-0.05, 0) is 26.7 Å². The number of morpholine rings is 1. The third-order valence-corrected chi connectivity index (χ3v) is 4.14. The van der Waals surface area contributed by atoms with Crippen molar-refractivity contribution in [1.29, 1.82) is 0 Å². The average Bonchev–Trinajstić information content (AvgIpc) is 2.87. The zero-order valence-electron chi connectivity index (χ0n) is 13.7. The minimum absolute atomic E-state index is 0.0160. The van der Waals surface area contributed by atoms with Crippen molar-refractivity contribution >= 4 is 0 Å². The molecular formula is C15H28N4O2. The summed E-state index contributed by atoms with van der Waals surface area (Å²) in [7, 11) is 0. The first-order valence-corrected chi connectivity index (χ1v) is 7.84. The van der Waals surface area contributed by atoms with E-state index >= 15 is 0 Å². The normalized spacial score (nSPS) is 23.7. The molecule has 2 rings (SSSR count). The molecule has 6 nitrogen and oxygen atoms in total. The molecule has 1 aromatic heterocycles. The smallest absolute Gasteiger partial charge is 0.231 e. The van der Waals surface area contributed by atoms with Crippen molar-refractivity contribution in [3.8, 4) is 0 Å². The monoisotopic (exact) mass is 296 g/mol. The fourth-order valence-corrected chi connectivity index (χ4v) is 2.93. The van der Waals surface area contributed by atoms with E-state index in [1.807, 2.05) is 6.92 Å². The Morgan fingerprint density at radius 2 is 1.95 bits per heavy atom. The van der Waals surface area contributed by atoms with Gasteiger partial charge in [-0.15, -0.1) is 0 Å². The average molecular weight is 296 g/mol. The molecule has 0 aliphatic carbocycles. The molecule has 3 unspecified atom stereocenters. The zero-order valence-corrected chi connectivity index (χ0v) is 13.7. The highest BCUT2D eigenvalue weighted by atomic mass is 16.5. The first kappa shape index (κ1) is 16.4. The van der Waals surface area contributed by atoms with Crippen molar-refractivity contribution in [3.63, 3.8) is 0 Å². The van der Waals surface area contributed by atoms with Gasteiger partial charge in [-0.3, -0.25) is 4.90 Å². The SMILES string of the molecule is CC(C)C(c1nc(C2CN(C(C)C)CCO2)no1)C(C)N. The van der Waals surface area contributed by atoms with Gasteiger partial charge in [0.25, 0.3) is 0 Å². The summed E-state index contributed by atoms with van der Waals surface area (Å²) in [6.45, 7) is 13.1. The molecule has 0 aromatic carbocycles. The van der Waals surface area contributed by atoms with Crippen LogP contribution in [0, 0.1) is 5.92 Å². The van der Waals surface area contributed by atoms with Gasteiger partial charge in [-0.1, -0.05) is 19.0 Å². The molecule has 2 heterocycles. The van der Waals surface area contributed by atoms with Gasteiger partial charge in [0.2, 0.25) is 11.7 Å². The molecule has 1 fully saturated rings. The Balaban J connectivity index is 2.12. The lowest BCUT2D eigenvalue weighted by atomic mass is 9.90. The molecule has 1 aliphatic heterocycles. The van der Waals surface area contributed by atoms with Crippen molar-refractivity contribution in [3.05, 3.63) is 11.7 Å². The van der Waals surface area contributed by atoms with Crippen LogP contribution in [0.25, 0.3) is 0 Å². The highest BCUT2D eigenvalue weighted by molar-refractivity contribution is 5.02. The van der Waals surface area contributed by atoms with Gasteiger partial charge in [0, 0.05) is 25.2 Å². The molecule has 2 N–H and O–H groups in total. The van der Waals surface area contributed by atoms with Crippen LogP contribution in [-0.4, -0.2) is 46.8 Å². The first-order valence-electron chi connectivity index (χ1n) is 7.84. The Morgan fingerprint density at radius 1 is 1.24 bits per heavy atom. The summed E-state index contributed by atoms with van der Waals surface area (Å²) in [5.41, 5.74) is 6.05. The van der Waals surface area contributed by atoms with Crippen LogP contribution in [0.3, 0.4) is 0 Å². The highest BCUT2D eigenvalue weighted by Crippen LogP contribution is 2.28. The summed E-state index contributed by atoms with van der Waals surface area (Å²) in [5, 5.41) is 4.13. The molecule has 21 heavy (non-hydrogen) atoms. The second-order valence-electron chi connectivity index (χ2n) is 6.57. The predicted molar refractivity (Wildman–Crippen MR) is 80.9 cm³/mol. The van der Waals surface area contributed by atoms with Gasteiger partial charge < -0.3 is 15.0 Å². The largest absolute Gasteiger partial charge is 0.367 e. The molecule has 0 spiro atoms. The van der Waals surface area contributed by atoms with Gasteiger partial charge in [0.15, 0.2) is 0 Å². The van der Waals surface area contributed by atoms with Crippen LogP contribution in [0.15, 0.2) is 4.52 Å². The molecule has 6 heteroatoms. The highest BCUT2D eigenvalue weighted by Gasteiger charge is 2.31. The van der Waals surface area contributed by atoms with Gasteiger partial charge in [-0.25, -0.2) is 0 Å². The van der Waals surface area contributed by atoms with Crippen LogP contribution in [-0.2, 0) is 4.74 Å². The van der Waals surface area contributed by atoms with Crippen LogP contribution < -0.4 is 5.73 Å². The molecule has 1 aromatic rings. The molecule has 1 saturated heterocycles. The van der Waals surface area contributed by atoms with Crippen molar-refractivity contribution in [1.82, 2.24) is 15.0 Å². The van der Waals surface area contributed by atoms with Crippen molar-refractivity contribution in [2.75, 3.05) is 19.7 Å². The molecule has 0 amide bonds. The van der Waals surface area contributed by atoms with Crippen molar-refractivity contribution < 1.29 is 9.26 Å². The van der Waals surface area contributed by atoms with E-state index in [2.05, 4.69) is 42.7 Å². The first-order chi connectivity index (χ1) is 9.90. The van der Waals surface area contributed by atoms with Gasteiger partial charge in [-0.2, -0.15) is 4.98 Å². The van der Waals surface area contributed by atoms with E-state index in [4.69, 9.17) is 15.0 Å². The van der Waals surface area contributed by atoms with Crippen LogP contribution in [0.4, 0.5) is 0 Å². The lowest BCUT2D eigenvalue weighted by molar-refractivity contribution is -0.0450. The maximum absolute atomic E-state index is 6.05. The summed E-state index contributed by atoms with van der Waals surface area (Å²) in [4.78, 5) is 6.93. The van der Waals surface area contributed by atoms with Crippen molar-refractivity contribution in [2.24, 2.45) is 11.7 Å². The Hall–Kier alpha value is -0.980. The maximum atomic E-state index is 6.05. The molecule has 0 radical (unpaired) electrons. The van der Waals surface area contributed by atoms with E-state index < -0.39 is 0 Å². The van der Waals surface area contributed by atoms with Crippen LogP contribution in [0.5, 0.6) is 0 Å². The minimum atomic E-state index is -0.112. The number of nitrogens with two attached hydrogens (primary N) is 1. The van der Waals surface area contributed by atoms with E-state index in [9.17, 15) is 0 Å². The maximum Gasteiger partial charge on any atom is 0.231 e. The van der Waals surface area contributed by atoms with Gasteiger partial charge in [0.1, 0.15) is 6.10 Å². The fourth-order valence-electron chi connectivity index (χ4n) is 2.93. The molecule has 1 aliphatic rings. The molecule has 3 atom stereocenters. The number of ether oxygens (including phenoxy) is 1.